The third kappa shape index (κ3) is 3.61. The minimum Gasteiger partial charge on any atom is -0.497 e. The van der Waals surface area contributed by atoms with Crippen molar-refractivity contribution in [3.63, 3.8) is 0 Å². The SMILES string of the molecule is COc1cccc(N2CC(C)NCC2CN(C)C)c1. The Morgan fingerprint density at radius 2 is 2.21 bits per heavy atom. The number of nitrogens with one attached hydrogen (secondary N) is 1. The fourth-order valence-electron chi connectivity index (χ4n) is 2.65. The van der Waals surface area contributed by atoms with E-state index in [4.69, 9.17) is 4.74 Å². The third-order valence-electron chi connectivity index (χ3n) is 3.57. The number of benzene rings is 1. The number of piperazine rings is 1. The van der Waals surface area contributed by atoms with Gasteiger partial charge in [0.1, 0.15) is 5.75 Å². The smallest absolute Gasteiger partial charge is 0.120 e. The van der Waals surface area contributed by atoms with Crippen LogP contribution in [0, 0.1) is 0 Å². The summed E-state index contributed by atoms with van der Waals surface area (Å²) in [5.74, 6) is 0.923. The number of anilines is 1. The van der Waals surface area contributed by atoms with Crippen molar-refractivity contribution >= 4 is 5.69 Å². The van der Waals surface area contributed by atoms with Crippen LogP contribution in [0.4, 0.5) is 5.69 Å². The third-order valence-corrected chi connectivity index (χ3v) is 3.57. The van der Waals surface area contributed by atoms with Gasteiger partial charge in [-0.2, -0.15) is 0 Å². The number of hydrogen-bond donors (Lipinski definition) is 1. The fraction of sp³-hybridized carbons (Fsp3) is 0.600. The normalized spacial score (nSPS) is 23.7. The number of rotatable bonds is 4. The molecule has 0 saturated carbocycles. The van der Waals surface area contributed by atoms with Crippen molar-refractivity contribution in [2.24, 2.45) is 0 Å². The van der Waals surface area contributed by atoms with Gasteiger partial charge in [0.15, 0.2) is 0 Å². The van der Waals surface area contributed by atoms with Crippen LogP contribution in [0.15, 0.2) is 24.3 Å². The molecule has 1 N–H and O–H groups in total. The minimum atomic E-state index is 0.498. The quantitative estimate of drug-likeness (QED) is 0.889. The molecule has 1 aromatic rings. The van der Waals surface area contributed by atoms with E-state index in [9.17, 15) is 0 Å². The molecular formula is C15H25N3O. The first-order valence-electron chi connectivity index (χ1n) is 6.89. The zero-order valence-electron chi connectivity index (χ0n) is 12.4. The Bertz CT molecular complexity index is 408. The van der Waals surface area contributed by atoms with Crippen molar-refractivity contribution in [1.29, 1.82) is 0 Å². The molecule has 1 aliphatic heterocycles. The van der Waals surface area contributed by atoms with Crippen LogP contribution in [0.3, 0.4) is 0 Å². The van der Waals surface area contributed by atoms with Crippen LogP contribution in [0.2, 0.25) is 0 Å². The molecule has 2 rings (SSSR count). The van der Waals surface area contributed by atoms with Crippen LogP contribution < -0.4 is 15.0 Å². The van der Waals surface area contributed by atoms with Crippen molar-refractivity contribution in [3.8, 4) is 5.75 Å². The second-order valence-corrected chi connectivity index (χ2v) is 5.58. The summed E-state index contributed by atoms with van der Waals surface area (Å²) in [5.41, 5.74) is 1.25. The molecule has 0 aromatic heterocycles. The highest BCUT2D eigenvalue weighted by Gasteiger charge is 2.26. The first-order chi connectivity index (χ1) is 9.10. The fourth-order valence-corrected chi connectivity index (χ4v) is 2.65. The molecule has 4 nitrogen and oxygen atoms in total. The van der Waals surface area contributed by atoms with E-state index in [-0.39, 0.29) is 0 Å². The molecule has 2 unspecified atom stereocenters. The Kier molecular flexibility index (Phi) is 4.66. The Morgan fingerprint density at radius 1 is 1.42 bits per heavy atom. The van der Waals surface area contributed by atoms with Gasteiger partial charge in [0.2, 0.25) is 0 Å². The monoisotopic (exact) mass is 263 g/mol. The molecule has 0 spiro atoms. The summed E-state index contributed by atoms with van der Waals surface area (Å²) >= 11 is 0. The molecule has 1 aliphatic rings. The average molecular weight is 263 g/mol. The summed E-state index contributed by atoms with van der Waals surface area (Å²) in [6.07, 6.45) is 0. The summed E-state index contributed by atoms with van der Waals surface area (Å²) in [7, 11) is 5.97. The van der Waals surface area contributed by atoms with Gasteiger partial charge in [-0.25, -0.2) is 0 Å². The highest BCUT2D eigenvalue weighted by Crippen LogP contribution is 2.24. The molecule has 19 heavy (non-hydrogen) atoms. The highest BCUT2D eigenvalue weighted by molar-refractivity contribution is 5.52. The molecule has 1 aromatic carbocycles. The van der Waals surface area contributed by atoms with Gasteiger partial charge in [0.05, 0.1) is 13.2 Å². The summed E-state index contributed by atoms with van der Waals surface area (Å²) in [5, 5.41) is 3.57. The van der Waals surface area contributed by atoms with E-state index >= 15 is 0 Å². The Labute approximate surface area is 116 Å². The largest absolute Gasteiger partial charge is 0.497 e. The lowest BCUT2D eigenvalue weighted by atomic mass is 10.1. The first kappa shape index (κ1) is 14.2. The molecule has 106 valence electrons. The maximum atomic E-state index is 5.34. The standard InChI is InChI=1S/C15H25N3O/c1-12-10-18(14(9-16-12)11-17(2)3)13-6-5-7-15(8-13)19-4/h5-8,12,14,16H,9-11H2,1-4H3. The molecule has 0 amide bonds. The zero-order chi connectivity index (χ0) is 13.8. The summed E-state index contributed by atoms with van der Waals surface area (Å²) in [6, 6.07) is 9.37. The Balaban J connectivity index is 2.20. The maximum absolute atomic E-state index is 5.34. The molecule has 1 fully saturated rings. The summed E-state index contributed by atoms with van der Waals surface area (Å²) < 4.78 is 5.34. The molecule has 4 heteroatoms. The van der Waals surface area contributed by atoms with Gasteiger partial charge in [-0.3, -0.25) is 0 Å². The number of nitrogens with zero attached hydrogens (tertiary/aromatic N) is 2. The molecule has 2 atom stereocenters. The lowest BCUT2D eigenvalue weighted by Crippen LogP contribution is -2.58. The molecule has 1 saturated heterocycles. The average Bonchev–Trinajstić information content (AvgIpc) is 2.40. The topological polar surface area (TPSA) is 27.7 Å². The molecule has 0 bridgehead atoms. The van der Waals surface area contributed by atoms with Crippen molar-refractivity contribution < 1.29 is 4.74 Å². The van der Waals surface area contributed by atoms with E-state index in [1.165, 1.54) is 5.69 Å². The molecule has 1 heterocycles. The number of likely N-dealkylation sites (N-methyl/N-ethyl adjacent to an activating group) is 1. The van der Waals surface area contributed by atoms with E-state index in [0.29, 0.717) is 12.1 Å². The van der Waals surface area contributed by atoms with Gasteiger partial charge in [0.25, 0.3) is 0 Å². The Hall–Kier alpha value is -1.26. The second-order valence-electron chi connectivity index (χ2n) is 5.58. The first-order valence-corrected chi connectivity index (χ1v) is 6.89. The van der Waals surface area contributed by atoms with E-state index in [2.05, 4.69) is 54.3 Å². The number of hydrogen-bond acceptors (Lipinski definition) is 4. The van der Waals surface area contributed by atoms with Gasteiger partial charge in [-0.15, -0.1) is 0 Å². The van der Waals surface area contributed by atoms with Crippen molar-refractivity contribution in [3.05, 3.63) is 24.3 Å². The van der Waals surface area contributed by atoms with E-state index in [1.54, 1.807) is 7.11 Å². The van der Waals surface area contributed by atoms with Gasteiger partial charge in [-0.05, 0) is 33.2 Å². The van der Waals surface area contributed by atoms with Gasteiger partial charge in [0, 0.05) is 37.4 Å². The predicted octanol–water partition coefficient (Wildman–Crippen LogP) is 1.42. The molecule has 0 radical (unpaired) electrons. The van der Waals surface area contributed by atoms with Gasteiger partial charge in [-0.1, -0.05) is 6.07 Å². The van der Waals surface area contributed by atoms with Crippen molar-refractivity contribution in [2.45, 2.75) is 19.0 Å². The van der Waals surface area contributed by atoms with Crippen LogP contribution in [0.1, 0.15) is 6.92 Å². The summed E-state index contributed by atoms with van der Waals surface area (Å²) in [6.45, 7) is 5.35. The van der Waals surface area contributed by atoms with E-state index in [1.807, 2.05) is 6.07 Å². The molecule has 0 aliphatic carbocycles. The van der Waals surface area contributed by atoms with Crippen LogP contribution in [-0.4, -0.2) is 57.8 Å². The van der Waals surface area contributed by atoms with Crippen LogP contribution in [-0.2, 0) is 0 Å². The lowest BCUT2D eigenvalue weighted by Gasteiger charge is -2.42. The van der Waals surface area contributed by atoms with Crippen LogP contribution in [0.5, 0.6) is 5.75 Å². The van der Waals surface area contributed by atoms with E-state index in [0.717, 1.165) is 25.4 Å². The van der Waals surface area contributed by atoms with Crippen molar-refractivity contribution in [2.75, 3.05) is 45.7 Å². The number of ether oxygens (including phenoxy) is 1. The highest BCUT2D eigenvalue weighted by atomic mass is 16.5. The van der Waals surface area contributed by atoms with Crippen molar-refractivity contribution in [1.82, 2.24) is 10.2 Å². The number of methoxy groups -OCH3 is 1. The van der Waals surface area contributed by atoms with Crippen LogP contribution >= 0.6 is 0 Å². The van der Waals surface area contributed by atoms with Crippen LogP contribution in [0.25, 0.3) is 0 Å². The summed E-state index contributed by atoms with van der Waals surface area (Å²) in [4.78, 5) is 4.74. The Morgan fingerprint density at radius 3 is 2.89 bits per heavy atom. The van der Waals surface area contributed by atoms with Gasteiger partial charge >= 0.3 is 0 Å². The predicted molar refractivity (Wildman–Crippen MR) is 80.1 cm³/mol. The molecular weight excluding hydrogens is 238 g/mol. The lowest BCUT2D eigenvalue weighted by molar-refractivity contribution is 0.316. The zero-order valence-corrected chi connectivity index (χ0v) is 12.4. The maximum Gasteiger partial charge on any atom is 0.120 e. The second kappa shape index (κ2) is 6.26. The minimum absolute atomic E-state index is 0.498. The van der Waals surface area contributed by atoms with Gasteiger partial charge < -0.3 is 19.9 Å². The van der Waals surface area contributed by atoms with E-state index < -0.39 is 0 Å².